The molecule has 116 valence electrons. The van der Waals surface area contributed by atoms with E-state index < -0.39 is 18.2 Å². The van der Waals surface area contributed by atoms with Crippen molar-refractivity contribution in [2.45, 2.75) is 19.1 Å². The topological polar surface area (TPSA) is 102 Å². The number of aliphatic hydroxyl groups excluding tert-OH is 2. The third-order valence-corrected chi connectivity index (χ3v) is 2.83. The number of carbonyl (C=O) groups is 2. The van der Waals surface area contributed by atoms with Crippen LogP contribution in [-0.2, 0) is 9.53 Å². The lowest BCUT2D eigenvalue weighted by molar-refractivity contribution is -0.159. The highest BCUT2D eigenvalue weighted by Crippen LogP contribution is 2.37. The number of carbonyl (C=O) groups excluding carboxylic acids is 2. The number of benzene rings is 1. The predicted molar refractivity (Wildman–Crippen MR) is 72.5 cm³/mol. The molecule has 0 bridgehead atoms. The Kier molecular flexibility index (Phi) is 6.13. The Bertz CT molecular complexity index is 487. The van der Waals surface area contributed by atoms with Crippen LogP contribution in [-0.4, -0.2) is 49.4 Å². The summed E-state index contributed by atoms with van der Waals surface area (Å²) >= 11 is 0. The van der Waals surface area contributed by atoms with Crippen molar-refractivity contribution >= 4 is 12.3 Å². The number of aliphatic hydroxyl groups is 2. The molecule has 0 spiro atoms. The lowest BCUT2D eigenvalue weighted by Gasteiger charge is -2.21. The van der Waals surface area contributed by atoms with E-state index in [0.717, 1.165) is 0 Å². The van der Waals surface area contributed by atoms with E-state index in [4.69, 9.17) is 9.47 Å². The summed E-state index contributed by atoms with van der Waals surface area (Å²) in [5, 5.41) is 20.0. The molecule has 1 rings (SSSR count). The lowest BCUT2D eigenvalue weighted by Crippen LogP contribution is -2.30. The van der Waals surface area contributed by atoms with Crippen molar-refractivity contribution in [3.8, 4) is 11.5 Å². The maximum Gasteiger partial charge on any atom is 0.338 e. The summed E-state index contributed by atoms with van der Waals surface area (Å²) in [5.41, 5.74) is 0.330. The van der Waals surface area contributed by atoms with Crippen LogP contribution in [0, 0.1) is 0 Å². The first-order chi connectivity index (χ1) is 9.99. The predicted octanol–water partition coefficient (Wildman–Crippen LogP) is 0.474. The Hall–Kier alpha value is -2.12. The monoisotopic (exact) mass is 298 g/mol. The lowest BCUT2D eigenvalue weighted by atomic mass is 10.00. The van der Waals surface area contributed by atoms with Gasteiger partial charge in [-0.05, 0) is 19.1 Å². The van der Waals surface area contributed by atoms with Crippen LogP contribution in [0.25, 0.3) is 0 Å². The molecule has 2 atom stereocenters. The molecule has 2 N–H and O–H groups in total. The zero-order valence-corrected chi connectivity index (χ0v) is 12.0. The quantitative estimate of drug-likeness (QED) is 0.557. The smallest absolute Gasteiger partial charge is 0.338 e. The molecule has 1 aromatic carbocycles. The summed E-state index contributed by atoms with van der Waals surface area (Å²) < 4.78 is 14.8. The van der Waals surface area contributed by atoms with Gasteiger partial charge in [0.15, 0.2) is 6.10 Å². The van der Waals surface area contributed by atoms with Gasteiger partial charge in [0.2, 0.25) is 0 Å². The molecule has 0 saturated carbocycles. The molecule has 1 aromatic rings. The zero-order chi connectivity index (χ0) is 16.0. The Balaban J connectivity index is 3.26. The van der Waals surface area contributed by atoms with Crippen molar-refractivity contribution < 1.29 is 34.0 Å². The van der Waals surface area contributed by atoms with Crippen molar-refractivity contribution in [3.63, 3.8) is 0 Å². The first-order valence-electron chi connectivity index (χ1n) is 6.23. The van der Waals surface area contributed by atoms with E-state index in [1.165, 1.54) is 26.4 Å². The first kappa shape index (κ1) is 16.9. The molecule has 7 nitrogen and oxygen atoms in total. The van der Waals surface area contributed by atoms with E-state index in [1.54, 1.807) is 6.92 Å². The fraction of sp³-hybridized carbons (Fsp3) is 0.429. The minimum absolute atomic E-state index is 0.0613. The second-order valence-electron chi connectivity index (χ2n) is 4.10. The maximum atomic E-state index is 11.5. The number of hydrogen-bond donors (Lipinski definition) is 2. The standard InChI is InChI=1S/C14H18O7/c1-4-21-14(18)13(17)12(16)11-9(19-2)5-8(7-15)6-10(11)20-3/h5-7,12-13,16-17H,4H2,1-3H3. The average Bonchev–Trinajstić information content (AvgIpc) is 2.51. The van der Waals surface area contributed by atoms with Gasteiger partial charge in [0.25, 0.3) is 0 Å². The Morgan fingerprint density at radius 2 is 1.76 bits per heavy atom. The van der Waals surface area contributed by atoms with Crippen molar-refractivity contribution in [3.05, 3.63) is 23.3 Å². The van der Waals surface area contributed by atoms with Crippen LogP contribution in [0.4, 0.5) is 0 Å². The molecule has 0 saturated heterocycles. The van der Waals surface area contributed by atoms with Gasteiger partial charge in [-0.1, -0.05) is 0 Å². The number of esters is 1. The van der Waals surface area contributed by atoms with E-state index in [1.807, 2.05) is 0 Å². The van der Waals surface area contributed by atoms with Gasteiger partial charge < -0.3 is 24.4 Å². The van der Waals surface area contributed by atoms with Crippen LogP contribution < -0.4 is 9.47 Å². The van der Waals surface area contributed by atoms with Crippen LogP contribution in [0.15, 0.2) is 12.1 Å². The van der Waals surface area contributed by atoms with Gasteiger partial charge in [-0.15, -0.1) is 0 Å². The third-order valence-electron chi connectivity index (χ3n) is 2.83. The normalized spacial score (nSPS) is 13.2. The summed E-state index contributed by atoms with van der Waals surface area (Å²) in [4.78, 5) is 22.4. The van der Waals surface area contributed by atoms with Gasteiger partial charge in [0.05, 0.1) is 26.4 Å². The van der Waals surface area contributed by atoms with E-state index >= 15 is 0 Å². The third kappa shape index (κ3) is 3.71. The Morgan fingerprint density at radius 3 is 2.14 bits per heavy atom. The molecule has 0 aliphatic rings. The van der Waals surface area contributed by atoms with Gasteiger partial charge in [-0.25, -0.2) is 4.79 Å². The molecule has 0 amide bonds. The van der Waals surface area contributed by atoms with Crippen LogP contribution in [0.2, 0.25) is 0 Å². The summed E-state index contributed by atoms with van der Waals surface area (Å²) in [6.45, 7) is 1.65. The van der Waals surface area contributed by atoms with Gasteiger partial charge in [-0.2, -0.15) is 0 Å². The molecule has 0 aliphatic heterocycles. The van der Waals surface area contributed by atoms with Crippen molar-refractivity contribution in [2.24, 2.45) is 0 Å². The molecule has 21 heavy (non-hydrogen) atoms. The molecule has 0 fully saturated rings. The largest absolute Gasteiger partial charge is 0.496 e. The second kappa shape index (κ2) is 7.61. The molecule has 0 heterocycles. The Morgan fingerprint density at radius 1 is 1.24 bits per heavy atom. The van der Waals surface area contributed by atoms with E-state index in [0.29, 0.717) is 6.29 Å². The van der Waals surface area contributed by atoms with Gasteiger partial charge in [0.1, 0.15) is 23.9 Å². The minimum atomic E-state index is -1.80. The fourth-order valence-electron chi connectivity index (χ4n) is 1.83. The number of rotatable bonds is 7. The Labute approximate surface area is 122 Å². The van der Waals surface area contributed by atoms with E-state index in [-0.39, 0.29) is 29.2 Å². The van der Waals surface area contributed by atoms with Crippen LogP contribution in [0.5, 0.6) is 11.5 Å². The molecule has 0 aliphatic carbocycles. The molecule has 0 radical (unpaired) electrons. The van der Waals surface area contributed by atoms with Gasteiger partial charge in [0, 0.05) is 5.56 Å². The van der Waals surface area contributed by atoms with Crippen LogP contribution in [0.3, 0.4) is 0 Å². The van der Waals surface area contributed by atoms with Crippen molar-refractivity contribution in [1.82, 2.24) is 0 Å². The van der Waals surface area contributed by atoms with Gasteiger partial charge in [-0.3, -0.25) is 4.79 Å². The number of methoxy groups -OCH3 is 2. The maximum absolute atomic E-state index is 11.5. The van der Waals surface area contributed by atoms with E-state index in [2.05, 4.69) is 4.74 Å². The van der Waals surface area contributed by atoms with E-state index in [9.17, 15) is 19.8 Å². The zero-order valence-electron chi connectivity index (χ0n) is 12.0. The molecule has 2 unspecified atom stereocenters. The summed E-state index contributed by atoms with van der Waals surface area (Å²) in [5.74, 6) is -0.729. The fourth-order valence-corrected chi connectivity index (χ4v) is 1.83. The summed E-state index contributed by atoms with van der Waals surface area (Å²) in [6, 6.07) is 2.73. The second-order valence-corrected chi connectivity index (χ2v) is 4.10. The number of ether oxygens (including phenoxy) is 3. The van der Waals surface area contributed by atoms with Crippen LogP contribution in [0.1, 0.15) is 28.9 Å². The highest BCUT2D eigenvalue weighted by atomic mass is 16.5. The molecule has 7 heteroatoms. The summed E-state index contributed by atoms with van der Waals surface area (Å²) in [6.07, 6.45) is -2.83. The van der Waals surface area contributed by atoms with Crippen LogP contribution >= 0.6 is 0 Å². The van der Waals surface area contributed by atoms with Crippen molar-refractivity contribution in [1.29, 1.82) is 0 Å². The first-order valence-corrected chi connectivity index (χ1v) is 6.23. The molecular weight excluding hydrogens is 280 g/mol. The highest BCUT2D eigenvalue weighted by Gasteiger charge is 2.32. The number of aldehydes is 1. The molecular formula is C14H18O7. The van der Waals surface area contributed by atoms with Gasteiger partial charge >= 0.3 is 5.97 Å². The SMILES string of the molecule is CCOC(=O)C(O)C(O)c1c(OC)cc(C=O)cc1OC. The summed E-state index contributed by atoms with van der Waals surface area (Å²) in [7, 11) is 2.66. The van der Waals surface area contributed by atoms with Crippen molar-refractivity contribution in [2.75, 3.05) is 20.8 Å². The number of hydrogen-bond acceptors (Lipinski definition) is 7. The minimum Gasteiger partial charge on any atom is -0.496 e. The highest BCUT2D eigenvalue weighted by molar-refractivity contribution is 5.79. The molecule has 0 aromatic heterocycles. The average molecular weight is 298 g/mol.